The average molecular weight is 1300 g/mol. The third kappa shape index (κ3) is 42.3. The van der Waals surface area contributed by atoms with Crippen molar-refractivity contribution in [2.45, 2.75) is 193 Å². The van der Waals surface area contributed by atoms with E-state index < -0.39 is 150 Å². The highest BCUT2D eigenvalue weighted by atomic mass is 19.4. The van der Waals surface area contributed by atoms with Gasteiger partial charge in [-0.1, -0.05) is 34.6 Å². The van der Waals surface area contributed by atoms with Crippen LogP contribution in [0.5, 0.6) is 0 Å². The van der Waals surface area contributed by atoms with Gasteiger partial charge in [-0.15, -0.1) is 0 Å². The molecule has 0 aromatic carbocycles. The molecule has 0 spiro atoms. The van der Waals surface area contributed by atoms with Crippen molar-refractivity contribution in [2.24, 2.45) is 27.1 Å². The van der Waals surface area contributed by atoms with E-state index in [0.29, 0.717) is 46.0 Å². The lowest BCUT2D eigenvalue weighted by Gasteiger charge is -2.20. The highest BCUT2D eigenvalue weighted by Gasteiger charge is 2.44. The molecule has 0 aromatic rings. The normalized spacial score (nSPS) is 12.0. The van der Waals surface area contributed by atoms with Crippen molar-refractivity contribution in [3.63, 3.8) is 0 Å². The quantitative estimate of drug-likeness (QED) is 0.0270. The summed E-state index contributed by atoms with van der Waals surface area (Å²) in [6, 6.07) is 0. The highest BCUT2D eigenvalue weighted by molar-refractivity contribution is 5.80. The van der Waals surface area contributed by atoms with Crippen LogP contribution in [0.15, 0.2) is 0 Å². The van der Waals surface area contributed by atoms with Gasteiger partial charge in [-0.3, -0.25) is 24.0 Å². The molecule has 0 aliphatic rings. The van der Waals surface area contributed by atoms with Gasteiger partial charge in [0.1, 0.15) is 66.1 Å². The Morgan fingerprint density at radius 3 is 0.644 bits per heavy atom. The van der Waals surface area contributed by atoms with Gasteiger partial charge in [-0.25, -0.2) is 32.8 Å². The lowest BCUT2D eigenvalue weighted by molar-refractivity contribution is -0.201. The van der Waals surface area contributed by atoms with Crippen molar-refractivity contribution < 1.29 is 152 Å². The monoisotopic (exact) mass is 1300 g/mol. The molecule has 0 aliphatic carbocycles. The molecule has 0 aliphatic heterocycles. The van der Waals surface area contributed by atoms with Gasteiger partial charge in [0.05, 0.1) is 33.5 Å². The number of rotatable bonds is 31. The Balaban J connectivity index is -0.000000323. The molecule has 512 valence electrons. The predicted molar refractivity (Wildman–Crippen MR) is 279 cm³/mol. The molecule has 0 unspecified atom stereocenters. The van der Waals surface area contributed by atoms with Crippen molar-refractivity contribution in [3.05, 3.63) is 0 Å². The van der Waals surface area contributed by atoms with Crippen LogP contribution >= 0.6 is 0 Å². The SMILES string of the molecule is CCC(C)(C)C(=O)OCCOC(=O)C(C)(F)F.CCC(C)(C)C(=O)OCCOC(=O)C(C)(F)F.CCC(C)(C)C(=O)OCCOC(=O)C(F)(F)CC(F)F.CCC(C)(C)C(=O)OCCOC(=O)C(F)(F)F.CCC(C)(C)C(=O)OCCOC(=O)C(F)F. The molecule has 0 amide bonds. The van der Waals surface area contributed by atoms with E-state index in [9.17, 15) is 105 Å². The third-order valence-corrected chi connectivity index (χ3v) is 11.8. The Morgan fingerprint density at radius 2 is 0.471 bits per heavy atom. The number of alkyl halides is 13. The van der Waals surface area contributed by atoms with Crippen LogP contribution in [0.2, 0.25) is 0 Å². The van der Waals surface area contributed by atoms with Gasteiger partial charge >= 0.3 is 90.1 Å². The third-order valence-electron chi connectivity index (χ3n) is 11.8. The maximum absolute atomic E-state index is 12.8. The second-order valence-corrected chi connectivity index (χ2v) is 21.5. The van der Waals surface area contributed by atoms with E-state index in [0.717, 1.165) is 0 Å². The maximum Gasteiger partial charge on any atom is 0.490 e. The number of esters is 10. The maximum atomic E-state index is 12.8. The molecule has 0 bridgehead atoms. The highest BCUT2D eigenvalue weighted by Crippen LogP contribution is 2.27. The first-order valence-corrected chi connectivity index (χ1v) is 26.6. The van der Waals surface area contributed by atoms with Crippen molar-refractivity contribution in [1.29, 1.82) is 0 Å². The van der Waals surface area contributed by atoms with Crippen molar-refractivity contribution in [2.75, 3.05) is 66.1 Å². The Kier molecular flexibility index (Phi) is 42.3. The fourth-order valence-corrected chi connectivity index (χ4v) is 3.83. The minimum atomic E-state index is -5.02. The average Bonchev–Trinajstić information content (AvgIpc) is 3.58. The summed E-state index contributed by atoms with van der Waals surface area (Å²) in [6.45, 7) is 23.0. The first-order valence-electron chi connectivity index (χ1n) is 26.6. The molecule has 0 saturated carbocycles. The van der Waals surface area contributed by atoms with E-state index in [-0.39, 0.29) is 46.2 Å². The molecular weight excluding hydrogens is 1220 g/mol. The zero-order valence-corrected chi connectivity index (χ0v) is 52.0. The van der Waals surface area contributed by atoms with E-state index in [1.54, 1.807) is 83.1 Å². The summed E-state index contributed by atoms with van der Waals surface area (Å²) in [7, 11) is 0. The number of carbonyl (C=O) groups is 10. The fraction of sp³-hybridized carbons (Fsp3) is 0.815. The van der Waals surface area contributed by atoms with Gasteiger partial charge in [-0.05, 0) is 101 Å². The number of hydrogen-bond donors (Lipinski definition) is 0. The lowest BCUT2D eigenvalue weighted by atomic mass is 9.91. The molecule has 0 atom stereocenters. The summed E-state index contributed by atoms with van der Waals surface area (Å²) in [6.07, 6.45) is -10.5. The molecule has 0 fully saturated rings. The Morgan fingerprint density at radius 1 is 0.287 bits per heavy atom. The summed E-state index contributed by atoms with van der Waals surface area (Å²) in [5.41, 5.74) is -3.30. The molecule has 33 heteroatoms. The summed E-state index contributed by atoms with van der Waals surface area (Å²) in [5, 5.41) is 0. The number of ether oxygens (including phenoxy) is 10. The van der Waals surface area contributed by atoms with Crippen molar-refractivity contribution >= 4 is 59.7 Å². The molecule has 0 heterocycles. The van der Waals surface area contributed by atoms with Crippen LogP contribution in [-0.2, 0) is 95.3 Å². The number of halogens is 13. The van der Waals surface area contributed by atoms with Gasteiger partial charge in [0.15, 0.2) is 0 Å². The summed E-state index contributed by atoms with van der Waals surface area (Å²) < 4.78 is 202. The zero-order valence-electron chi connectivity index (χ0n) is 52.0. The van der Waals surface area contributed by atoms with Crippen molar-refractivity contribution in [3.8, 4) is 0 Å². The van der Waals surface area contributed by atoms with Crippen LogP contribution in [0.3, 0.4) is 0 Å². The van der Waals surface area contributed by atoms with Gasteiger partial charge in [-0.2, -0.15) is 48.3 Å². The first-order chi connectivity index (χ1) is 39.2. The summed E-state index contributed by atoms with van der Waals surface area (Å²) in [5.74, 6) is -22.9. The Labute approximate surface area is 497 Å². The molecule has 0 N–H and O–H groups in total. The van der Waals surface area contributed by atoms with E-state index in [4.69, 9.17) is 18.9 Å². The Hall–Kier alpha value is -6.21. The first kappa shape index (κ1) is 89.5. The number of hydrogen-bond acceptors (Lipinski definition) is 20. The van der Waals surface area contributed by atoms with E-state index in [1.165, 1.54) is 0 Å². The largest absolute Gasteiger partial charge is 0.490 e. The lowest BCUT2D eigenvalue weighted by Crippen LogP contribution is -2.34. The van der Waals surface area contributed by atoms with E-state index >= 15 is 0 Å². The van der Waals surface area contributed by atoms with E-state index in [1.807, 2.05) is 20.8 Å². The molecule has 0 aromatic heterocycles. The molecule has 0 rings (SSSR count). The minimum absolute atomic E-state index is 0.208. The molecule has 0 radical (unpaired) electrons. The Bertz CT molecular complexity index is 1980. The molecule has 0 saturated heterocycles. The molecular formula is C54H85F13O20. The second kappa shape index (κ2) is 41.1. The summed E-state index contributed by atoms with van der Waals surface area (Å²) in [4.78, 5) is 110. The van der Waals surface area contributed by atoms with E-state index in [2.05, 4.69) is 28.4 Å². The van der Waals surface area contributed by atoms with Crippen LogP contribution in [0.25, 0.3) is 0 Å². The van der Waals surface area contributed by atoms with Crippen LogP contribution in [-0.4, -0.2) is 163 Å². The summed E-state index contributed by atoms with van der Waals surface area (Å²) >= 11 is 0. The van der Waals surface area contributed by atoms with Gasteiger partial charge in [0, 0.05) is 13.8 Å². The number of carbonyl (C=O) groups excluding carboxylic acids is 10. The predicted octanol–water partition coefficient (Wildman–Crippen LogP) is 11.0. The topological polar surface area (TPSA) is 263 Å². The van der Waals surface area contributed by atoms with Crippen molar-refractivity contribution in [1.82, 2.24) is 0 Å². The van der Waals surface area contributed by atoms with Crippen LogP contribution in [0.4, 0.5) is 57.1 Å². The standard InChI is InChI=1S/C12H18F4O4.2C11H18F2O4.C10H15F3O4.C10H16F2O4/c1-4-11(2,3)9(17)19-5-6-20-10(18)12(15,16)7-8(13)14;2*1-5-10(2,3)8(14)16-6-7-17-9(15)11(4,12)13;1-4-9(2,3)7(14)16-5-6-17-8(15)10(11,12)13;1-4-10(2,3)9(14)16-6-5-15-8(13)7(11)12/h8H,4-7H2,1-3H3;2*5-7H2,1-4H3;4-6H2,1-3H3;7H,4-6H2,1-3H3. The minimum Gasteiger partial charge on any atom is -0.462 e. The van der Waals surface area contributed by atoms with Crippen LogP contribution in [0, 0.1) is 27.1 Å². The van der Waals surface area contributed by atoms with Gasteiger partial charge in [0.25, 0.3) is 0 Å². The smallest absolute Gasteiger partial charge is 0.462 e. The fourth-order valence-electron chi connectivity index (χ4n) is 3.83. The van der Waals surface area contributed by atoms with Gasteiger partial charge in [0.2, 0.25) is 6.43 Å². The zero-order chi connectivity index (χ0) is 69.8. The van der Waals surface area contributed by atoms with Crippen LogP contribution in [0.1, 0.15) is 156 Å². The van der Waals surface area contributed by atoms with Gasteiger partial charge < -0.3 is 47.4 Å². The van der Waals surface area contributed by atoms with Crippen LogP contribution < -0.4 is 0 Å². The second-order valence-electron chi connectivity index (χ2n) is 21.5. The molecule has 87 heavy (non-hydrogen) atoms. The molecule has 20 nitrogen and oxygen atoms in total.